The number of carbonyl (C=O) groups excluding carboxylic acids is 1. The highest BCUT2D eigenvalue weighted by Gasteiger charge is 2.42. The van der Waals surface area contributed by atoms with Crippen LogP contribution < -0.4 is 5.32 Å². The normalized spacial score (nSPS) is 30.6. The number of halogens is 1. The minimum absolute atomic E-state index is 0.0669. The number of aryl methyl sites for hydroxylation is 1. The maximum absolute atomic E-state index is 12.2. The second-order valence-electron chi connectivity index (χ2n) is 6.10. The van der Waals surface area contributed by atoms with E-state index < -0.39 is 0 Å². The molecule has 0 aromatic carbocycles. The van der Waals surface area contributed by atoms with Crippen LogP contribution in [0.2, 0.25) is 0 Å². The van der Waals surface area contributed by atoms with Gasteiger partial charge in [-0.2, -0.15) is 5.10 Å². The Morgan fingerprint density at radius 1 is 1.53 bits per heavy atom. The van der Waals surface area contributed by atoms with Crippen LogP contribution in [0.5, 0.6) is 0 Å². The highest BCUT2D eigenvalue weighted by atomic mass is 79.9. The van der Waals surface area contributed by atoms with Gasteiger partial charge in [-0.15, -0.1) is 0 Å². The van der Waals surface area contributed by atoms with Gasteiger partial charge in [-0.25, -0.2) is 0 Å². The summed E-state index contributed by atoms with van der Waals surface area (Å²) in [7, 11) is 1.82. The Bertz CT molecular complexity index is 499. The van der Waals surface area contributed by atoms with E-state index >= 15 is 0 Å². The highest BCUT2D eigenvalue weighted by molar-refractivity contribution is 9.10. The Morgan fingerprint density at radius 3 is 2.84 bits per heavy atom. The fourth-order valence-corrected chi connectivity index (χ4v) is 4.46. The molecule has 0 spiro atoms. The van der Waals surface area contributed by atoms with Crippen molar-refractivity contribution in [3.8, 4) is 0 Å². The van der Waals surface area contributed by atoms with Crippen LogP contribution in [0, 0.1) is 17.8 Å². The van der Waals surface area contributed by atoms with Gasteiger partial charge in [0.1, 0.15) is 0 Å². The first-order chi connectivity index (χ1) is 9.04. The predicted molar refractivity (Wildman–Crippen MR) is 76.8 cm³/mol. The third-order valence-corrected chi connectivity index (χ3v) is 5.37. The van der Waals surface area contributed by atoms with Crippen molar-refractivity contribution in [2.45, 2.75) is 38.6 Å². The maximum Gasteiger partial charge on any atom is 0.273 e. The monoisotopic (exact) mass is 325 g/mol. The zero-order chi connectivity index (χ0) is 13.6. The Hall–Kier alpha value is -0.840. The molecule has 2 aliphatic rings. The smallest absolute Gasteiger partial charge is 0.273 e. The van der Waals surface area contributed by atoms with Crippen molar-refractivity contribution < 1.29 is 4.79 Å². The number of aromatic nitrogens is 2. The molecular weight excluding hydrogens is 306 g/mol. The predicted octanol–water partition coefficient (Wildman–Crippen LogP) is 2.74. The molecule has 19 heavy (non-hydrogen) atoms. The van der Waals surface area contributed by atoms with Gasteiger partial charge < -0.3 is 5.32 Å². The van der Waals surface area contributed by atoms with Gasteiger partial charge >= 0.3 is 0 Å². The third-order valence-electron chi connectivity index (χ3n) is 4.79. The number of amides is 1. The molecule has 1 N–H and O–H groups in total. The summed E-state index contributed by atoms with van der Waals surface area (Å²) < 4.78 is 2.41. The summed E-state index contributed by atoms with van der Waals surface area (Å²) in [4.78, 5) is 12.2. The van der Waals surface area contributed by atoms with Crippen molar-refractivity contribution >= 4 is 21.8 Å². The molecule has 104 valence electrons. The van der Waals surface area contributed by atoms with Crippen molar-refractivity contribution in [2.24, 2.45) is 24.8 Å². The molecule has 1 aromatic rings. The maximum atomic E-state index is 12.2. The SMILES string of the molecule is C[C@H](NC(=O)c1nn(C)cc1Br)[C@@H]1C[C@H]2CC[C@H]1C2. The average Bonchev–Trinajstić information content (AvgIpc) is 3.03. The van der Waals surface area contributed by atoms with E-state index in [4.69, 9.17) is 0 Å². The molecule has 0 unspecified atom stereocenters. The number of nitrogens with one attached hydrogen (secondary N) is 1. The second kappa shape index (κ2) is 4.93. The van der Waals surface area contributed by atoms with E-state index in [0.717, 1.165) is 16.3 Å². The van der Waals surface area contributed by atoms with E-state index in [1.165, 1.54) is 25.7 Å². The van der Waals surface area contributed by atoms with Crippen LogP contribution >= 0.6 is 15.9 Å². The summed E-state index contributed by atoms with van der Waals surface area (Å²) in [6, 6.07) is 0.247. The summed E-state index contributed by atoms with van der Waals surface area (Å²) in [5.74, 6) is 2.33. The first kappa shape index (κ1) is 13.2. The molecule has 5 heteroatoms. The number of hydrogen-bond acceptors (Lipinski definition) is 2. The Morgan fingerprint density at radius 2 is 2.32 bits per heavy atom. The van der Waals surface area contributed by atoms with Gasteiger partial charge in [0.2, 0.25) is 0 Å². The first-order valence-corrected chi connectivity index (χ1v) is 7.84. The van der Waals surface area contributed by atoms with Gasteiger partial charge in [0, 0.05) is 19.3 Å². The minimum atomic E-state index is -0.0669. The molecule has 1 heterocycles. The quantitative estimate of drug-likeness (QED) is 0.928. The van der Waals surface area contributed by atoms with Crippen LogP contribution in [0.25, 0.3) is 0 Å². The van der Waals surface area contributed by atoms with Gasteiger partial charge in [0.05, 0.1) is 4.47 Å². The lowest BCUT2D eigenvalue weighted by Gasteiger charge is -2.28. The van der Waals surface area contributed by atoms with Gasteiger partial charge in [-0.3, -0.25) is 9.48 Å². The molecule has 2 saturated carbocycles. The molecule has 2 fully saturated rings. The molecular formula is C14H20BrN3O. The summed E-state index contributed by atoms with van der Waals surface area (Å²) >= 11 is 3.38. The Kier molecular flexibility index (Phi) is 3.41. The van der Waals surface area contributed by atoms with Gasteiger partial charge in [-0.05, 0) is 59.9 Å². The number of hydrogen-bond donors (Lipinski definition) is 1. The molecule has 2 aliphatic carbocycles. The van der Waals surface area contributed by atoms with Crippen LogP contribution in [0.3, 0.4) is 0 Å². The molecule has 0 aliphatic heterocycles. The molecule has 4 nitrogen and oxygen atoms in total. The van der Waals surface area contributed by atoms with Gasteiger partial charge in [0.15, 0.2) is 5.69 Å². The molecule has 1 aromatic heterocycles. The molecule has 3 rings (SSSR count). The van der Waals surface area contributed by atoms with Crippen LogP contribution in [0.15, 0.2) is 10.7 Å². The standard InChI is InChI=1S/C14H20BrN3O/c1-8(11-6-9-3-4-10(11)5-9)16-14(19)13-12(15)7-18(2)17-13/h7-11H,3-6H2,1-2H3,(H,16,19)/t8-,9-,10-,11-/m0/s1. The summed E-state index contributed by atoms with van der Waals surface area (Å²) in [5, 5.41) is 7.33. The zero-order valence-electron chi connectivity index (χ0n) is 11.4. The Labute approximate surface area is 122 Å². The minimum Gasteiger partial charge on any atom is -0.348 e. The van der Waals surface area contributed by atoms with E-state index in [9.17, 15) is 4.79 Å². The van der Waals surface area contributed by atoms with Crippen molar-refractivity contribution in [1.82, 2.24) is 15.1 Å². The third kappa shape index (κ3) is 2.45. The Balaban J connectivity index is 1.65. The number of carbonyl (C=O) groups is 1. The molecule has 2 bridgehead atoms. The van der Waals surface area contributed by atoms with Crippen LogP contribution in [-0.4, -0.2) is 21.7 Å². The number of fused-ring (bicyclic) bond motifs is 2. The molecule has 1 amide bonds. The van der Waals surface area contributed by atoms with Crippen molar-refractivity contribution in [3.05, 3.63) is 16.4 Å². The highest BCUT2D eigenvalue weighted by Crippen LogP contribution is 2.49. The number of rotatable bonds is 3. The first-order valence-electron chi connectivity index (χ1n) is 7.04. The zero-order valence-corrected chi connectivity index (χ0v) is 13.0. The second-order valence-corrected chi connectivity index (χ2v) is 6.95. The largest absolute Gasteiger partial charge is 0.348 e. The average molecular weight is 326 g/mol. The van der Waals surface area contributed by atoms with Crippen LogP contribution in [0.1, 0.15) is 43.1 Å². The fourth-order valence-electron chi connectivity index (χ4n) is 3.90. The van der Waals surface area contributed by atoms with Crippen molar-refractivity contribution in [2.75, 3.05) is 0 Å². The molecule has 4 atom stereocenters. The lowest BCUT2D eigenvalue weighted by Crippen LogP contribution is -2.40. The lowest BCUT2D eigenvalue weighted by atomic mass is 9.84. The van der Waals surface area contributed by atoms with Crippen LogP contribution in [-0.2, 0) is 7.05 Å². The van der Waals surface area contributed by atoms with E-state index in [1.54, 1.807) is 10.9 Å². The van der Waals surface area contributed by atoms with E-state index in [0.29, 0.717) is 11.6 Å². The van der Waals surface area contributed by atoms with Gasteiger partial charge in [-0.1, -0.05) is 6.42 Å². The van der Waals surface area contributed by atoms with Crippen molar-refractivity contribution in [3.63, 3.8) is 0 Å². The van der Waals surface area contributed by atoms with E-state index in [2.05, 4.69) is 33.3 Å². The van der Waals surface area contributed by atoms with Gasteiger partial charge in [0.25, 0.3) is 5.91 Å². The van der Waals surface area contributed by atoms with E-state index in [-0.39, 0.29) is 11.9 Å². The van der Waals surface area contributed by atoms with Crippen molar-refractivity contribution in [1.29, 1.82) is 0 Å². The summed E-state index contributed by atoms with van der Waals surface area (Å²) in [6.45, 7) is 2.14. The molecule has 0 radical (unpaired) electrons. The summed E-state index contributed by atoms with van der Waals surface area (Å²) in [5.41, 5.74) is 0.484. The molecule has 0 saturated heterocycles. The lowest BCUT2D eigenvalue weighted by molar-refractivity contribution is 0.0908. The summed E-state index contributed by atoms with van der Waals surface area (Å²) in [6.07, 6.45) is 7.21. The van der Waals surface area contributed by atoms with Crippen LogP contribution in [0.4, 0.5) is 0 Å². The number of nitrogens with zero attached hydrogens (tertiary/aromatic N) is 2. The topological polar surface area (TPSA) is 46.9 Å². The fraction of sp³-hybridized carbons (Fsp3) is 0.714. The van der Waals surface area contributed by atoms with E-state index in [1.807, 2.05) is 7.05 Å².